The molecular weight excluding hydrogens is 228 g/mol. The van der Waals surface area contributed by atoms with Crippen LogP contribution in [0.1, 0.15) is 19.8 Å². The minimum Gasteiger partial charge on any atom is -0.494 e. The second-order valence-electron chi connectivity index (χ2n) is 3.93. The van der Waals surface area contributed by atoms with Crippen LogP contribution < -0.4 is 10.5 Å². The summed E-state index contributed by atoms with van der Waals surface area (Å²) >= 11 is 0. The Morgan fingerprint density at radius 3 is 2.56 bits per heavy atom. The molecule has 0 saturated carbocycles. The van der Waals surface area contributed by atoms with Gasteiger partial charge >= 0.3 is 0 Å². The molecule has 18 heavy (non-hydrogen) atoms. The molecule has 0 aliphatic heterocycles. The Balaban J connectivity index is 2.05. The SMILES string of the molecule is CCCCOc1ccc(-c2cnc(N)nn2)cc1. The van der Waals surface area contributed by atoms with Crippen LogP contribution in [0.25, 0.3) is 11.3 Å². The van der Waals surface area contributed by atoms with Gasteiger partial charge in [-0.15, -0.1) is 10.2 Å². The largest absolute Gasteiger partial charge is 0.494 e. The van der Waals surface area contributed by atoms with E-state index in [1.54, 1.807) is 6.20 Å². The summed E-state index contributed by atoms with van der Waals surface area (Å²) in [6.07, 6.45) is 3.80. The van der Waals surface area contributed by atoms with Crippen molar-refractivity contribution in [1.29, 1.82) is 0 Å². The van der Waals surface area contributed by atoms with E-state index in [0.717, 1.165) is 30.8 Å². The van der Waals surface area contributed by atoms with Crippen LogP contribution in [0.2, 0.25) is 0 Å². The van der Waals surface area contributed by atoms with Crippen molar-refractivity contribution in [3.63, 3.8) is 0 Å². The summed E-state index contributed by atoms with van der Waals surface area (Å²) in [4.78, 5) is 3.91. The molecule has 0 unspecified atom stereocenters. The highest BCUT2D eigenvalue weighted by molar-refractivity contribution is 5.58. The maximum absolute atomic E-state index is 5.58. The first-order valence-electron chi connectivity index (χ1n) is 5.98. The van der Waals surface area contributed by atoms with E-state index in [1.165, 1.54) is 0 Å². The van der Waals surface area contributed by atoms with Crippen molar-refractivity contribution in [2.24, 2.45) is 0 Å². The zero-order chi connectivity index (χ0) is 12.8. The smallest absolute Gasteiger partial charge is 0.240 e. The Morgan fingerprint density at radius 1 is 1.17 bits per heavy atom. The monoisotopic (exact) mass is 244 g/mol. The van der Waals surface area contributed by atoms with Crippen LogP contribution in [0.4, 0.5) is 5.95 Å². The number of ether oxygens (including phenoxy) is 1. The van der Waals surface area contributed by atoms with Crippen LogP contribution in [0.5, 0.6) is 5.75 Å². The molecule has 0 aliphatic carbocycles. The lowest BCUT2D eigenvalue weighted by atomic mass is 10.1. The highest BCUT2D eigenvalue weighted by atomic mass is 16.5. The summed E-state index contributed by atoms with van der Waals surface area (Å²) < 4.78 is 5.58. The van der Waals surface area contributed by atoms with Crippen LogP contribution in [-0.4, -0.2) is 21.8 Å². The average molecular weight is 244 g/mol. The van der Waals surface area contributed by atoms with Gasteiger partial charge in [0.25, 0.3) is 0 Å². The number of nitrogen functional groups attached to an aromatic ring is 1. The lowest BCUT2D eigenvalue weighted by Crippen LogP contribution is -1.98. The maximum Gasteiger partial charge on any atom is 0.240 e. The van der Waals surface area contributed by atoms with Crippen molar-refractivity contribution in [1.82, 2.24) is 15.2 Å². The first-order valence-corrected chi connectivity index (χ1v) is 5.98. The Labute approximate surface area is 106 Å². The summed E-state index contributed by atoms with van der Waals surface area (Å²) in [6, 6.07) is 7.71. The number of unbranched alkanes of at least 4 members (excludes halogenated alkanes) is 1. The fraction of sp³-hybridized carbons (Fsp3) is 0.308. The molecule has 2 rings (SSSR count). The van der Waals surface area contributed by atoms with Crippen LogP contribution in [0, 0.1) is 0 Å². The van der Waals surface area contributed by atoms with Crippen LogP contribution >= 0.6 is 0 Å². The van der Waals surface area contributed by atoms with E-state index in [9.17, 15) is 0 Å². The van der Waals surface area contributed by atoms with E-state index >= 15 is 0 Å². The Bertz CT molecular complexity index is 481. The molecule has 2 aromatic rings. The summed E-state index contributed by atoms with van der Waals surface area (Å²) in [6.45, 7) is 2.89. The molecule has 0 aliphatic rings. The van der Waals surface area contributed by atoms with Gasteiger partial charge in [0.05, 0.1) is 12.8 Å². The number of nitrogens with two attached hydrogens (primary N) is 1. The van der Waals surface area contributed by atoms with Crippen molar-refractivity contribution < 1.29 is 4.74 Å². The molecule has 0 fully saturated rings. The quantitative estimate of drug-likeness (QED) is 0.817. The molecule has 0 spiro atoms. The van der Waals surface area contributed by atoms with Gasteiger partial charge in [-0.3, -0.25) is 0 Å². The summed E-state index contributed by atoms with van der Waals surface area (Å²) in [5.41, 5.74) is 7.03. The normalized spacial score (nSPS) is 10.3. The standard InChI is InChI=1S/C13H16N4O/c1-2-3-8-18-11-6-4-10(5-7-11)12-9-15-13(14)17-16-12/h4-7,9H,2-3,8H2,1H3,(H2,14,15,17). The molecule has 0 radical (unpaired) electrons. The van der Waals surface area contributed by atoms with Crippen molar-refractivity contribution >= 4 is 5.95 Å². The van der Waals surface area contributed by atoms with Crippen molar-refractivity contribution in [3.8, 4) is 17.0 Å². The number of aromatic nitrogens is 3. The van der Waals surface area contributed by atoms with Gasteiger partial charge in [-0.25, -0.2) is 4.98 Å². The molecule has 0 bridgehead atoms. The highest BCUT2D eigenvalue weighted by Gasteiger charge is 2.01. The Morgan fingerprint density at radius 2 is 1.94 bits per heavy atom. The van der Waals surface area contributed by atoms with E-state index < -0.39 is 0 Å². The van der Waals surface area contributed by atoms with E-state index in [2.05, 4.69) is 22.1 Å². The zero-order valence-corrected chi connectivity index (χ0v) is 10.3. The van der Waals surface area contributed by atoms with Gasteiger partial charge < -0.3 is 10.5 Å². The van der Waals surface area contributed by atoms with Crippen molar-refractivity contribution in [2.75, 3.05) is 12.3 Å². The topological polar surface area (TPSA) is 73.9 Å². The lowest BCUT2D eigenvalue weighted by Gasteiger charge is -2.06. The molecule has 0 saturated heterocycles. The number of anilines is 1. The maximum atomic E-state index is 5.58. The minimum absolute atomic E-state index is 0.179. The van der Waals surface area contributed by atoms with Crippen LogP contribution in [0.15, 0.2) is 30.5 Å². The second-order valence-corrected chi connectivity index (χ2v) is 3.93. The first-order chi connectivity index (χ1) is 8.79. The first kappa shape index (κ1) is 12.3. The predicted octanol–water partition coefficient (Wildman–Crippen LogP) is 2.30. The Kier molecular flexibility index (Phi) is 4.06. The van der Waals surface area contributed by atoms with Crippen LogP contribution in [0.3, 0.4) is 0 Å². The molecule has 5 heteroatoms. The van der Waals surface area contributed by atoms with Gasteiger partial charge in [0, 0.05) is 5.56 Å². The summed E-state index contributed by atoms with van der Waals surface area (Å²) in [5, 5.41) is 7.70. The molecule has 1 aromatic carbocycles. The van der Waals surface area contributed by atoms with Gasteiger partial charge in [-0.1, -0.05) is 13.3 Å². The number of rotatable bonds is 5. The van der Waals surface area contributed by atoms with Gasteiger partial charge in [-0.2, -0.15) is 0 Å². The highest BCUT2D eigenvalue weighted by Crippen LogP contribution is 2.19. The van der Waals surface area contributed by atoms with Gasteiger partial charge in [0.1, 0.15) is 11.4 Å². The van der Waals surface area contributed by atoms with Crippen molar-refractivity contribution in [3.05, 3.63) is 30.5 Å². The molecular formula is C13H16N4O. The molecule has 1 aromatic heterocycles. The predicted molar refractivity (Wildman–Crippen MR) is 70.1 cm³/mol. The molecule has 1 heterocycles. The van der Waals surface area contributed by atoms with Crippen LogP contribution in [-0.2, 0) is 0 Å². The van der Waals surface area contributed by atoms with E-state index in [1.807, 2.05) is 24.3 Å². The number of nitrogens with zero attached hydrogens (tertiary/aromatic N) is 3. The molecule has 5 nitrogen and oxygen atoms in total. The van der Waals surface area contributed by atoms with Gasteiger partial charge in [0.2, 0.25) is 5.95 Å². The zero-order valence-electron chi connectivity index (χ0n) is 10.3. The second kappa shape index (κ2) is 5.95. The van der Waals surface area contributed by atoms with Gasteiger partial charge in [-0.05, 0) is 30.7 Å². The average Bonchev–Trinajstić information content (AvgIpc) is 2.41. The minimum atomic E-state index is 0.179. The third kappa shape index (κ3) is 3.16. The fourth-order valence-corrected chi connectivity index (χ4v) is 1.47. The molecule has 0 amide bonds. The van der Waals surface area contributed by atoms with E-state index in [-0.39, 0.29) is 5.95 Å². The van der Waals surface area contributed by atoms with Gasteiger partial charge in [0.15, 0.2) is 0 Å². The number of hydrogen-bond donors (Lipinski definition) is 1. The number of hydrogen-bond acceptors (Lipinski definition) is 5. The molecule has 94 valence electrons. The fourth-order valence-electron chi connectivity index (χ4n) is 1.47. The summed E-state index contributed by atoms with van der Waals surface area (Å²) in [5.74, 6) is 1.04. The third-order valence-electron chi connectivity index (χ3n) is 2.50. The van der Waals surface area contributed by atoms with E-state index in [4.69, 9.17) is 10.5 Å². The summed E-state index contributed by atoms with van der Waals surface area (Å²) in [7, 11) is 0. The third-order valence-corrected chi connectivity index (χ3v) is 2.50. The molecule has 2 N–H and O–H groups in total. The van der Waals surface area contributed by atoms with Crippen molar-refractivity contribution in [2.45, 2.75) is 19.8 Å². The Hall–Kier alpha value is -2.17. The lowest BCUT2D eigenvalue weighted by molar-refractivity contribution is 0.309. The van der Waals surface area contributed by atoms with E-state index in [0.29, 0.717) is 5.69 Å². The molecule has 0 atom stereocenters. The number of benzene rings is 1.